The maximum atomic E-state index is 9.33. The van der Waals surface area contributed by atoms with E-state index in [1.807, 2.05) is 48.4 Å². The van der Waals surface area contributed by atoms with Crippen molar-refractivity contribution in [1.82, 2.24) is 24.6 Å². The second kappa shape index (κ2) is 8.04. The minimum atomic E-state index is 0.658. The maximum absolute atomic E-state index is 9.33. The van der Waals surface area contributed by atoms with Gasteiger partial charge in [0.1, 0.15) is 0 Å². The van der Waals surface area contributed by atoms with E-state index < -0.39 is 0 Å². The summed E-state index contributed by atoms with van der Waals surface area (Å²) in [5.41, 5.74) is 7.13. The quantitative estimate of drug-likeness (QED) is 0.374. The Balaban J connectivity index is 1.35. The first-order valence-corrected chi connectivity index (χ1v) is 12.8. The normalized spacial score (nSPS) is 23.0. The zero-order valence-electron chi connectivity index (χ0n) is 20.5. The monoisotopic (exact) mass is 472 g/mol. The molecular formula is C30H28N6. The minimum Gasteiger partial charge on any atom is -0.346 e. The Morgan fingerprint density at radius 2 is 1.86 bits per heavy atom. The van der Waals surface area contributed by atoms with Gasteiger partial charge in [-0.1, -0.05) is 18.2 Å². The lowest BCUT2D eigenvalue weighted by molar-refractivity contribution is 0.189. The van der Waals surface area contributed by atoms with E-state index in [1.165, 1.54) is 23.7 Å². The van der Waals surface area contributed by atoms with Gasteiger partial charge in [-0.3, -0.25) is 9.67 Å². The van der Waals surface area contributed by atoms with Crippen molar-refractivity contribution in [2.75, 3.05) is 0 Å². The van der Waals surface area contributed by atoms with Gasteiger partial charge in [0.2, 0.25) is 0 Å². The third-order valence-corrected chi connectivity index (χ3v) is 8.43. The lowest BCUT2D eigenvalue weighted by Gasteiger charge is -2.39. The highest BCUT2D eigenvalue weighted by Gasteiger charge is 2.44. The Hall–Kier alpha value is -3.95. The van der Waals surface area contributed by atoms with Crippen molar-refractivity contribution in [3.8, 4) is 28.5 Å². The number of fused-ring (bicyclic) bond motifs is 3. The van der Waals surface area contributed by atoms with Crippen LogP contribution in [0.1, 0.15) is 25.3 Å². The second-order valence-corrected chi connectivity index (χ2v) is 10.5. The van der Waals surface area contributed by atoms with Gasteiger partial charge >= 0.3 is 0 Å². The van der Waals surface area contributed by atoms with Crippen molar-refractivity contribution < 1.29 is 0 Å². The van der Waals surface area contributed by atoms with Crippen LogP contribution < -0.4 is 5.32 Å². The average Bonchev–Trinajstić information content (AvgIpc) is 3.58. The molecule has 0 radical (unpaired) electrons. The SMILES string of the molecule is C[C@@H]1N[C@H]2C[C@H](Cn3ccc4c(-c5ccc(C#N)cc5)c(-c5ccc6c(cnn6C)c5)ncc43)CC12. The average molecular weight is 473 g/mol. The summed E-state index contributed by atoms with van der Waals surface area (Å²) < 4.78 is 4.28. The van der Waals surface area contributed by atoms with Crippen LogP contribution in [0.25, 0.3) is 44.2 Å². The molecule has 1 aliphatic carbocycles. The van der Waals surface area contributed by atoms with Crippen LogP contribution in [-0.4, -0.2) is 31.4 Å². The van der Waals surface area contributed by atoms with Gasteiger partial charge in [-0.05, 0) is 67.5 Å². The van der Waals surface area contributed by atoms with Gasteiger partial charge in [0.15, 0.2) is 0 Å². The Labute approximate surface area is 210 Å². The van der Waals surface area contributed by atoms with E-state index in [4.69, 9.17) is 4.98 Å². The standard InChI is InChI=1S/C30H28N6/c1-18-25-11-20(12-26(25)34-18)17-36-10-9-24-28(36)16-32-30(29(24)21-5-3-19(14-31)4-6-21)22-7-8-27-23(13-22)15-33-35(27)2/h3-10,13,15-16,18,20,25-26,34H,11-12,17H2,1-2H3/t18-,20+,25?,26-/m0/s1. The van der Waals surface area contributed by atoms with E-state index in [0.717, 1.165) is 45.7 Å². The number of hydrogen-bond donors (Lipinski definition) is 1. The lowest BCUT2D eigenvalue weighted by Crippen LogP contribution is -2.56. The third-order valence-electron chi connectivity index (χ3n) is 8.43. The number of aromatic nitrogens is 4. The highest BCUT2D eigenvalue weighted by atomic mass is 15.2. The van der Waals surface area contributed by atoms with Crippen LogP contribution in [0.15, 0.2) is 67.1 Å². The predicted octanol–water partition coefficient (Wildman–Crippen LogP) is 5.52. The van der Waals surface area contributed by atoms with Crippen molar-refractivity contribution >= 4 is 21.8 Å². The summed E-state index contributed by atoms with van der Waals surface area (Å²) in [6, 6.07) is 20.1. The summed E-state index contributed by atoms with van der Waals surface area (Å²) in [7, 11) is 1.96. The zero-order chi connectivity index (χ0) is 24.4. The van der Waals surface area contributed by atoms with Gasteiger partial charge in [0.05, 0.1) is 40.8 Å². The molecule has 0 amide bonds. The maximum Gasteiger partial charge on any atom is 0.0991 e. The molecular weight excluding hydrogens is 444 g/mol. The summed E-state index contributed by atoms with van der Waals surface area (Å²) in [5.74, 6) is 1.53. The molecule has 6 heteroatoms. The van der Waals surface area contributed by atoms with E-state index in [2.05, 4.69) is 58.4 Å². The van der Waals surface area contributed by atoms with E-state index in [9.17, 15) is 5.26 Å². The molecule has 178 valence electrons. The fourth-order valence-electron chi connectivity index (χ4n) is 6.54. The van der Waals surface area contributed by atoms with Gasteiger partial charge in [-0.25, -0.2) is 0 Å². The van der Waals surface area contributed by atoms with E-state index in [0.29, 0.717) is 23.6 Å². The fourth-order valence-corrected chi connectivity index (χ4v) is 6.54. The van der Waals surface area contributed by atoms with E-state index >= 15 is 0 Å². The molecule has 1 saturated carbocycles. The molecule has 2 aliphatic rings. The van der Waals surface area contributed by atoms with Crippen molar-refractivity contribution in [2.45, 2.75) is 38.4 Å². The largest absolute Gasteiger partial charge is 0.346 e. The highest BCUT2D eigenvalue weighted by molar-refractivity contribution is 6.02. The summed E-state index contributed by atoms with van der Waals surface area (Å²) >= 11 is 0. The molecule has 6 nitrogen and oxygen atoms in total. The number of nitrogens with zero attached hydrogens (tertiary/aromatic N) is 5. The number of nitriles is 1. The van der Waals surface area contributed by atoms with E-state index in [-0.39, 0.29) is 0 Å². The molecule has 5 aromatic rings. The Kier molecular flexibility index (Phi) is 4.77. The van der Waals surface area contributed by atoms with Crippen molar-refractivity contribution in [3.63, 3.8) is 0 Å². The predicted molar refractivity (Wildman–Crippen MR) is 142 cm³/mol. The zero-order valence-corrected chi connectivity index (χ0v) is 20.5. The lowest BCUT2D eigenvalue weighted by atomic mass is 9.87. The van der Waals surface area contributed by atoms with Gasteiger partial charge in [-0.2, -0.15) is 10.4 Å². The summed E-state index contributed by atoms with van der Waals surface area (Å²) in [4.78, 5) is 5.05. The summed E-state index contributed by atoms with van der Waals surface area (Å²) in [6.07, 6.45) is 8.73. The number of nitrogens with one attached hydrogen (secondary N) is 1. The summed E-state index contributed by atoms with van der Waals surface area (Å²) in [5, 5.41) is 19.7. The first-order chi connectivity index (χ1) is 17.6. The molecule has 3 aromatic heterocycles. The molecule has 1 unspecified atom stereocenters. The highest BCUT2D eigenvalue weighted by Crippen LogP contribution is 2.42. The van der Waals surface area contributed by atoms with Gasteiger partial charge < -0.3 is 9.88 Å². The molecule has 0 spiro atoms. The van der Waals surface area contributed by atoms with Gasteiger partial charge in [-0.15, -0.1) is 0 Å². The Morgan fingerprint density at radius 1 is 1.03 bits per heavy atom. The molecule has 1 aliphatic heterocycles. The second-order valence-electron chi connectivity index (χ2n) is 10.5. The smallest absolute Gasteiger partial charge is 0.0991 e. The molecule has 4 heterocycles. The molecule has 1 saturated heterocycles. The van der Waals surface area contributed by atoms with Crippen LogP contribution >= 0.6 is 0 Å². The van der Waals surface area contributed by atoms with Crippen LogP contribution in [-0.2, 0) is 13.6 Å². The third kappa shape index (κ3) is 3.27. The molecule has 36 heavy (non-hydrogen) atoms. The Morgan fingerprint density at radius 3 is 2.64 bits per heavy atom. The topological polar surface area (TPSA) is 71.5 Å². The van der Waals surface area contributed by atoms with Crippen molar-refractivity contribution in [3.05, 3.63) is 72.7 Å². The first-order valence-electron chi connectivity index (χ1n) is 12.8. The molecule has 0 bridgehead atoms. The van der Waals surface area contributed by atoms with Crippen LogP contribution in [0.3, 0.4) is 0 Å². The van der Waals surface area contributed by atoms with Crippen LogP contribution in [0, 0.1) is 23.2 Å². The van der Waals surface area contributed by atoms with Crippen molar-refractivity contribution in [2.24, 2.45) is 18.9 Å². The molecule has 7 rings (SSSR count). The van der Waals surface area contributed by atoms with E-state index in [1.54, 1.807) is 0 Å². The van der Waals surface area contributed by atoms with Crippen LogP contribution in [0.5, 0.6) is 0 Å². The van der Waals surface area contributed by atoms with Crippen molar-refractivity contribution in [1.29, 1.82) is 5.26 Å². The van der Waals surface area contributed by atoms with Crippen LogP contribution in [0.2, 0.25) is 0 Å². The van der Waals surface area contributed by atoms with Gasteiger partial charge in [0.25, 0.3) is 0 Å². The number of pyridine rings is 1. The first kappa shape index (κ1) is 21.3. The number of hydrogen-bond acceptors (Lipinski definition) is 4. The molecule has 4 atom stereocenters. The number of benzene rings is 2. The molecule has 2 fully saturated rings. The van der Waals surface area contributed by atoms with Gasteiger partial charge in [0, 0.05) is 53.8 Å². The fraction of sp³-hybridized carbons (Fsp3) is 0.300. The molecule has 2 aromatic carbocycles. The molecule has 1 N–H and O–H groups in total. The number of rotatable bonds is 4. The Bertz CT molecular complexity index is 1650. The van der Waals surface area contributed by atoms with Crippen LogP contribution in [0.4, 0.5) is 0 Å². The number of aryl methyl sites for hydroxylation is 1. The summed E-state index contributed by atoms with van der Waals surface area (Å²) in [6.45, 7) is 3.34. The minimum absolute atomic E-state index is 0.658.